The van der Waals surface area contributed by atoms with E-state index < -0.39 is 0 Å². The molecule has 86 valence electrons. The predicted molar refractivity (Wildman–Crippen MR) is 65.6 cm³/mol. The van der Waals surface area contributed by atoms with Gasteiger partial charge in [0, 0.05) is 1.43 Å². The monoisotopic (exact) mass is 210 g/mol. The Bertz CT molecular complexity index is 286. The Morgan fingerprint density at radius 3 is 2.13 bits per heavy atom. The molecule has 0 heterocycles. The molecule has 0 spiro atoms. The van der Waals surface area contributed by atoms with E-state index in [2.05, 4.69) is 6.92 Å². The van der Waals surface area contributed by atoms with E-state index >= 15 is 0 Å². The van der Waals surface area contributed by atoms with Gasteiger partial charge >= 0.3 is 0 Å². The van der Waals surface area contributed by atoms with E-state index in [-0.39, 0.29) is 14.7 Å². The summed E-state index contributed by atoms with van der Waals surface area (Å²) in [5.41, 5.74) is 1.32. The van der Waals surface area contributed by atoms with Crippen LogP contribution in [0.4, 0.5) is 4.39 Å². The minimum absolute atomic E-state index is 0. The Labute approximate surface area is 94.0 Å². The first kappa shape index (κ1) is 12.2. The lowest BCUT2D eigenvalue weighted by molar-refractivity contribution is 0.348. The van der Waals surface area contributed by atoms with Gasteiger partial charge < -0.3 is 0 Å². The van der Waals surface area contributed by atoms with Crippen molar-refractivity contribution in [2.24, 2.45) is 5.92 Å². The summed E-state index contributed by atoms with van der Waals surface area (Å²) in [6.45, 7) is 2.32. The zero-order valence-corrected chi connectivity index (χ0v) is 8.67. The highest BCUT2D eigenvalue weighted by atomic mass is 19.1. The topological polar surface area (TPSA) is 0 Å². The molecule has 15 heavy (non-hydrogen) atoms. The minimum Gasteiger partial charge on any atom is -0.207 e. The van der Waals surface area contributed by atoms with Gasteiger partial charge in [0.1, 0.15) is 5.82 Å². The first-order valence-corrected chi connectivity index (χ1v) is 5.51. The predicted octanol–water partition coefficient (Wildman–Crippen LogP) is 5.00. The largest absolute Gasteiger partial charge is 0.207 e. The van der Waals surface area contributed by atoms with Crippen molar-refractivity contribution >= 4 is 0 Å². The number of rotatable bonds is 1. The lowest BCUT2D eigenvalue weighted by atomic mass is 9.79. The number of benzene rings is 1. The molecule has 0 nitrogen and oxygen atoms in total. The van der Waals surface area contributed by atoms with Crippen molar-refractivity contribution in [1.82, 2.24) is 0 Å². The van der Waals surface area contributed by atoms with Crippen LogP contribution in [0.2, 0.25) is 0 Å². The van der Waals surface area contributed by atoms with Crippen LogP contribution in [0.3, 0.4) is 0 Å². The van der Waals surface area contributed by atoms with Crippen LogP contribution in [0.15, 0.2) is 24.3 Å². The Hall–Kier alpha value is -0.850. The molecule has 0 aromatic heterocycles. The van der Waals surface area contributed by atoms with E-state index in [1.807, 2.05) is 12.1 Å². The summed E-state index contributed by atoms with van der Waals surface area (Å²) in [5, 5.41) is 0. The first-order valence-electron chi connectivity index (χ1n) is 5.51. The van der Waals surface area contributed by atoms with E-state index in [0.717, 1.165) is 5.92 Å². The van der Waals surface area contributed by atoms with Gasteiger partial charge in [-0.25, -0.2) is 4.39 Å². The molecule has 1 aromatic rings. The van der Waals surface area contributed by atoms with E-state index in [4.69, 9.17) is 0 Å². The van der Waals surface area contributed by atoms with E-state index in [0.29, 0.717) is 5.92 Å². The van der Waals surface area contributed by atoms with Gasteiger partial charge in [-0.05, 0) is 42.4 Å². The summed E-state index contributed by atoms with van der Waals surface area (Å²) in [5.74, 6) is 1.43. The van der Waals surface area contributed by atoms with Crippen LogP contribution >= 0.6 is 0 Å². The van der Waals surface area contributed by atoms with Crippen LogP contribution in [-0.4, -0.2) is 0 Å². The summed E-state index contributed by atoms with van der Waals surface area (Å²) in [6, 6.07) is 7.03. The van der Waals surface area contributed by atoms with Gasteiger partial charge in [-0.15, -0.1) is 0 Å². The van der Waals surface area contributed by atoms with Crippen molar-refractivity contribution in [2.45, 2.75) is 46.0 Å². The second-order valence-corrected chi connectivity index (χ2v) is 4.51. The number of hydrogen-bond donors (Lipinski definition) is 0. The van der Waals surface area contributed by atoms with Crippen molar-refractivity contribution in [2.75, 3.05) is 0 Å². The van der Waals surface area contributed by atoms with E-state index in [9.17, 15) is 4.39 Å². The molecule has 1 aliphatic carbocycles. The van der Waals surface area contributed by atoms with Crippen molar-refractivity contribution in [1.29, 1.82) is 0 Å². The number of hydrogen-bond acceptors (Lipinski definition) is 0. The highest BCUT2D eigenvalue weighted by Crippen LogP contribution is 2.35. The van der Waals surface area contributed by atoms with Crippen molar-refractivity contribution in [3.8, 4) is 0 Å². The summed E-state index contributed by atoms with van der Waals surface area (Å²) in [6.07, 6.45) is 5.18. The van der Waals surface area contributed by atoms with E-state index in [1.54, 1.807) is 12.1 Å². The molecule has 0 unspecified atom stereocenters. The van der Waals surface area contributed by atoms with Gasteiger partial charge in [0.05, 0.1) is 0 Å². The molecule has 1 heteroatoms. The maximum absolute atomic E-state index is 12.7. The van der Waals surface area contributed by atoms with Crippen LogP contribution in [0.5, 0.6) is 0 Å². The minimum atomic E-state index is -0.127. The second-order valence-electron chi connectivity index (χ2n) is 4.51. The number of halogens is 1. The lowest BCUT2D eigenvalue weighted by Crippen LogP contribution is -2.10. The molecule has 1 saturated carbocycles. The molecule has 0 radical (unpaired) electrons. The molecule has 1 aromatic carbocycles. The Balaban J connectivity index is 0.00000112. The van der Waals surface area contributed by atoms with Crippen LogP contribution < -0.4 is 0 Å². The Morgan fingerprint density at radius 2 is 1.60 bits per heavy atom. The summed E-state index contributed by atoms with van der Waals surface area (Å²) < 4.78 is 12.7. The lowest BCUT2D eigenvalue weighted by Gasteiger charge is -2.26. The molecule has 0 atom stereocenters. The fourth-order valence-electron chi connectivity index (χ4n) is 2.33. The third-order valence-electron chi connectivity index (χ3n) is 3.36. The average Bonchev–Trinajstić information content (AvgIpc) is 2.21. The van der Waals surface area contributed by atoms with Crippen LogP contribution in [-0.2, 0) is 0 Å². The zero-order chi connectivity index (χ0) is 9.97. The van der Waals surface area contributed by atoms with Gasteiger partial charge in [0.25, 0.3) is 0 Å². The highest BCUT2D eigenvalue weighted by Gasteiger charge is 2.19. The first-order chi connectivity index (χ1) is 6.75. The molecular weight excluding hydrogens is 187 g/mol. The SMILES string of the molecule is C.CC1CCC(c2ccc(F)cc2)CC1.[HH]. The molecule has 0 aliphatic heterocycles. The summed E-state index contributed by atoms with van der Waals surface area (Å²) in [7, 11) is 0. The third kappa shape index (κ3) is 3.05. The van der Waals surface area contributed by atoms with Gasteiger partial charge in [-0.2, -0.15) is 0 Å². The maximum Gasteiger partial charge on any atom is 0.123 e. The summed E-state index contributed by atoms with van der Waals surface area (Å²) in [4.78, 5) is 0. The molecule has 2 rings (SSSR count). The third-order valence-corrected chi connectivity index (χ3v) is 3.36. The molecule has 1 aliphatic rings. The molecule has 0 saturated heterocycles. The van der Waals surface area contributed by atoms with Crippen LogP contribution in [0.1, 0.15) is 52.9 Å². The quantitative estimate of drug-likeness (QED) is 0.611. The van der Waals surface area contributed by atoms with Gasteiger partial charge in [-0.1, -0.05) is 39.3 Å². The van der Waals surface area contributed by atoms with Crippen molar-refractivity contribution < 1.29 is 5.82 Å². The van der Waals surface area contributed by atoms with Crippen LogP contribution in [0, 0.1) is 11.7 Å². The van der Waals surface area contributed by atoms with E-state index in [1.165, 1.54) is 31.2 Å². The van der Waals surface area contributed by atoms with Crippen molar-refractivity contribution in [3.63, 3.8) is 0 Å². The fourth-order valence-corrected chi connectivity index (χ4v) is 2.33. The normalized spacial score (nSPS) is 25.7. The highest BCUT2D eigenvalue weighted by molar-refractivity contribution is 5.20. The zero-order valence-electron chi connectivity index (χ0n) is 8.67. The molecular formula is C14H23F. The van der Waals surface area contributed by atoms with Gasteiger partial charge in [-0.3, -0.25) is 0 Å². The standard InChI is InChI=1S/C13H17F.CH4.H2/c1-10-2-4-11(5-3-10)12-6-8-13(14)9-7-12;;/h6-11H,2-5H2,1H3;1H4;1H. The maximum atomic E-state index is 12.7. The van der Waals surface area contributed by atoms with Gasteiger partial charge in [0.2, 0.25) is 0 Å². The Kier molecular flexibility index (Phi) is 4.31. The fraction of sp³-hybridized carbons (Fsp3) is 0.571. The molecule has 0 amide bonds. The van der Waals surface area contributed by atoms with Crippen LogP contribution in [0.25, 0.3) is 0 Å². The Morgan fingerprint density at radius 1 is 1.07 bits per heavy atom. The van der Waals surface area contributed by atoms with Gasteiger partial charge in [0.15, 0.2) is 0 Å². The molecule has 0 N–H and O–H groups in total. The average molecular weight is 210 g/mol. The summed E-state index contributed by atoms with van der Waals surface area (Å²) >= 11 is 0. The molecule has 1 fully saturated rings. The van der Waals surface area contributed by atoms with Crippen molar-refractivity contribution in [3.05, 3.63) is 35.6 Å². The molecule has 0 bridgehead atoms. The second kappa shape index (κ2) is 5.29. The smallest absolute Gasteiger partial charge is 0.123 e.